The molecular formula is C13H18N2O2S. The van der Waals surface area contributed by atoms with Crippen LogP contribution < -0.4 is 0 Å². The van der Waals surface area contributed by atoms with Crippen molar-refractivity contribution in [2.24, 2.45) is 5.92 Å². The van der Waals surface area contributed by atoms with Crippen LogP contribution in [0.2, 0.25) is 0 Å². The molecule has 0 spiro atoms. The summed E-state index contributed by atoms with van der Waals surface area (Å²) in [4.78, 5) is 18.3. The Bertz CT molecular complexity index is 425. The van der Waals surface area contributed by atoms with E-state index in [0.29, 0.717) is 12.1 Å². The third-order valence-corrected chi connectivity index (χ3v) is 3.91. The van der Waals surface area contributed by atoms with E-state index in [2.05, 4.69) is 11.9 Å². The minimum Gasteiger partial charge on any atom is -0.396 e. The van der Waals surface area contributed by atoms with Crippen LogP contribution in [-0.4, -0.2) is 46.3 Å². The van der Waals surface area contributed by atoms with E-state index in [1.807, 2.05) is 11.0 Å². The first kappa shape index (κ1) is 13.4. The normalized spacial score (nSPS) is 19.2. The molecule has 4 nitrogen and oxygen atoms in total. The molecule has 0 bridgehead atoms. The second-order valence-corrected chi connectivity index (χ2v) is 5.69. The van der Waals surface area contributed by atoms with Gasteiger partial charge < -0.3 is 10.0 Å². The highest BCUT2D eigenvalue weighted by Gasteiger charge is 2.26. The molecular weight excluding hydrogens is 248 g/mol. The van der Waals surface area contributed by atoms with Crippen LogP contribution in [0, 0.1) is 5.92 Å². The highest BCUT2D eigenvalue weighted by atomic mass is 32.2. The third kappa shape index (κ3) is 3.03. The van der Waals surface area contributed by atoms with Gasteiger partial charge in [-0.2, -0.15) is 0 Å². The summed E-state index contributed by atoms with van der Waals surface area (Å²) in [5, 5.41) is 9.99. The number of likely N-dealkylation sites (tertiary alicyclic amines) is 1. The minimum absolute atomic E-state index is 0.0475. The van der Waals surface area contributed by atoms with Crippen molar-refractivity contribution in [3.8, 4) is 0 Å². The largest absolute Gasteiger partial charge is 0.396 e. The Morgan fingerprint density at radius 2 is 2.50 bits per heavy atom. The summed E-state index contributed by atoms with van der Waals surface area (Å²) in [6.45, 7) is 3.63. The van der Waals surface area contributed by atoms with Gasteiger partial charge >= 0.3 is 0 Å². The van der Waals surface area contributed by atoms with Crippen molar-refractivity contribution in [2.45, 2.75) is 18.4 Å². The summed E-state index contributed by atoms with van der Waals surface area (Å²) in [5.74, 6) is 1.23. The first-order valence-electron chi connectivity index (χ1n) is 6.23. The molecule has 1 unspecified atom stereocenters. The molecule has 1 amide bonds. The zero-order valence-electron chi connectivity index (χ0n) is 10.5. The van der Waals surface area contributed by atoms with Crippen LogP contribution >= 0.6 is 11.8 Å². The number of thioether (sulfide) groups is 1. The van der Waals surface area contributed by atoms with Gasteiger partial charge in [0, 0.05) is 37.4 Å². The molecule has 2 rings (SSSR count). The lowest BCUT2D eigenvalue weighted by Gasteiger charge is -2.16. The monoisotopic (exact) mass is 266 g/mol. The van der Waals surface area contributed by atoms with Crippen molar-refractivity contribution in [3.63, 3.8) is 0 Å². The number of carbonyl (C=O) groups is 1. The predicted octanol–water partition coefficient (Wildman–Crippen LogP) is 1.65. The maximum atomic E-state index is 12.3. The molecule has 0 aromatic carbocycles. The maximum Gasteiger partial charge on any atom is 0.254 e. The fraction of sp³-hybridized carbons (Fsp3) is 0.538. The van der Waals surface area contributed by atoms with Gasteiger partial charge in [-0.05, 0) is 24.3 Å². The van der Waals surface area contributed by atoms with Crippen molar-refractivity contribution >= 4 is 17.7 Å². The van der Waals surface area contributed by atoms with Crippen LogP contribution in [0.4, 0.5) is 0 Å². The van der Waals surface area contributed by atoms with Crippen LogP contribution in [0.15, 0.2) is 23.4 Å². The topological polar surface area (TPSA) is 53.4 Å². The number of pyridine rings is 1. The quantitative estimate of drug-likeness (QED) is 0.842. The molecule has 0 saturated carbocycles. The van der Waals surface area contributed by atoms with Crippen molar-refractivity contribution < 1.29 is 9.90 Å². The van der Waals surface area contributed by atoms with Gasteiger partial charge in [0.2, 0.25) is 0 Å². The lowest BCUT2D eigenvalue weighted by atomic mass is 10.1. The number of hydrogen-bond donors (Lipinski definition) is 1. The van der Waals surface area contributed by atoms with Crippen LogP contribution in [0.1, 0.15) is 23.7 Å². The number of amides is 1. The number of rotatable bonds is 4. The number of hydrogen-bond acceptors (Lipinski definition) is 4. The lowest BCUT2D eigenvalue weighted by Crippen LogP contribution is -2.29. The molecule has 18 heavy (non-hydrogen) atoms. The second-order valence-electron chi connectivity index (χ2n) is 4.40. The fourth-order valence-corrected chi connectivity index (χ4v) is 2.76. The summed E-state index contributed by atoms with van der Waals surface area (Å²) in [6.07, 6.45) is 2.58. The summed E-state index contributed by atoms with van der Waals surface area (Å²) >= 11 is 1.63. The Hall–Kier alpha value is -1.07. The molecule has 1 aromatic heterocycles. The van der Waals surface area contributed by atoms with Crippen molar-refractivity contribution in [1.82, 2.24) is 9.88 Å². The Morgan fingerprint density at radius 3 is 3.17 bits per heavy atom. The molecule has 1 saturated heterocycles. The fourth-order valence-electron chi connectivity index (χ4n) is 2.12. The average molecular weight is 266 g/mol. The van der Waals surface area contributed by atoms with Crippen LogP contribution in [0.3, 0.4) is 0 Å². The maximum absolute atomic E-state index is 12.3. The summed E-state index contributed by atoms with van der Waals surface area (Å²) in [7, 11) is 0. The molecule has 5 heteroatoms. The van der Waals surface area contributed by atoms with Gasteiger partial charge in [-0.1, -0.05) is 6.92 Å². The van der Waals surface area contributed by atoms with E-state index in [4.69, 9.17) is 5.11 Å². The average Bonchev–Trinajstić information content (AvgIpc) is 2.87. The second kappa shape index (κ2) is 6.20. The summed E-state index contributed by atoms with van der Waals surface area (Å²) < 4.78 is 0. The molecule has 1 aliphatic rings. The Labute approximate surface area is 111 Å². The minimum atomic E-state index is 0.0475. The first-order chi connectivity index (χ1) is 8.74. The Balaban J connectivity index is 2.07. The summed E-state index contributed by atoms with van der Waals surface area (Å²) in [6, 6.07) is 3.61. The van der Waals surface area contributed by atoms with E-state index in [1.165, 1.54) is 0 Å². The zero-order valence-corrected chi connectivity index (χ0v) is 11.3. The van der Waals surface area contributed by atoms with Gasteiger partial charge in [-0.25, -0.2) is 4.98 Å². The zero-order chi connectivity index (χ0) is 13.0. The molecule has 1 atom stereocenters. The SMILES string of the molecule is CCSc1cc(C(=O)N2CCC(CO)C2)ccn1. The van der Waals surface area contributed by atoms with E-state index < -0.39 is 0 Å². The smallest absolute Gasteiger partial charge is 0.254 e. The van der Waals surface area contributed by atoms with Crippen molar-refractivity contribution in [3.05, 3.63) is 23.9 Å². The van der Waals surface area contributed by atoms with Gasteiger partial charge in [-0.15, -0.1) is 11.8 Å². The van der Waals surface area contributed by atoms with E-state index >= 15 is 0 Å². The van der Waals surface area contributed by atoms with Crippen LogP contribution in [0.25, 0.3) is 0 Å². The standard InChI is InChI=1S/C13H18N2O2S/c1-2-18-12-7-11(3-5-14-12)13(17)15-6-4-10(8-15)9-16/h3,5,7,10,16H,2,4,6,8-9H2,1H3. The van der Waals surface area contributed by atoms with E-state index in [1.54, 1.807) is 24.0 Å². The molecule has 0 aliphatic carbocycles. The highest BCUT2D eigenvalue weighted by Crippen LogP contribution is 2.20. The molecule has 1 aromatic rings. The number of aliphatic hydroxyl groups is 1. The third-order valence-electron chi connectivity index (χ3n) is 3.11. The van der Waals surface area contributed by atoms with Gasteiger partial charge in [0.25, 0.3) is 5.91 Å². The van der Waals surface area contributed by atoms with Crippen molar-refractivity contribution in [1.29, 1.82) is 0 Å². The number of nitrogens with zero attached hydrogens (tertiary/aromatic N) is 2. The number of aromatic nitrogens is 1. The molecule has 0 radical (unpaired) electrons. The predicted molar refractivity (Wildman–Crippen MR) is 71.7 cm³/mol. The molecule has 98 valence electrons. The van der Waals surface area contributed by atoms with E-state index in [9.17, 15) is 4.79 Å². The van der Waals surface area contributed by atoms with Crippen LogP contribution in [0.5, 0.6) is 0 Å². The Morgan fingerprint density at radius 1 is 1.67 bits per heavy atom. The van der Waals surface area contributed by atoms with Crippen LogP contribution in [-0.2, 0) is 0 Å². The van der Waals surface area contributed by atoms with Gasteiger partial charge in [0.15, 0.2) is 0 Å². The number of carbonyl (C=O) groups excluding carboxylic acids is 1. The van der Waals surface area contributed by atoms with Crippen molar-refractivity contribution in [2.75, 3.05) is 25.4 Å². The first-order valence-corrected chi connectivity index (χ1v) is 7.22. The Kier molecular flexibility index (Phi) is 4.60. The van der Waals surface area contributed by atoms with E-state index in [0.717, 1.165) is 23.7 Å². The van der Waals surface area contributed by atoms with Gasteiger partial charge in [0.05, 0.1) is 5.03 Å². The lowest BCUT2D eigenvalue weighted by molar-refractivity contribution is 0.0781. The molecule has 1 fully saturated rings. The number of aliphatic hydroxyl groups excluding tert-OH is 1. The van der Waals surface area contributed by atoms with Gasteiger partial charge in [0.1, 0.15) is 0 Å². The summed E-state index contributed by atoms with van der Waals surface area (Å²) in [5.41, 5.74) is 0.694. The highest BCUT2D eigenvalue weighted by molar-refractivity contribution is 7.99. The molecule has 2 heterocycles. The molecule has 1 N–H and O–H groups in total. The van der Waals surface area contributed by atoms with E-state index in [-0.39, 0.29) is 18.4 Å². The molecule has 1 aliphatic heterocycles. The van der Waals surface area contributed by atoms with Gasteiger partial charge in [-0.3, -0.25) is 4.79 Å².